The Balaban J connectivity index is 1.75. The van der Waals surface area contributed by atoms with E-state index >= 15 is 0 Å². The molecule has 0 aliphatic rings. The van der Waals surface area contributed by atoms with Gasteiger partial charge in [0.2, 0.25) is 5.89 Å². The largest absolute Gasteiger partial charge is 0.484 e. The van der Waals surface area contributed by atoms with Crippen molar-refractivity contribution in [3.8, 4) is 17.0 Å². The highest BCUT2D eigenvalue weighted by molar-refractivity contribution is 5.97. The van der Waals surface area contributed by atoms with Crippen molar-refractivity contribution in [3.05, 3.63) is 60.4 Å². The Morgan fingerprint density at radius 1 is 1.12 bits per heavy atom. The summed E-state index contributed by atoms with van der Waals surface area (Å²) in [6, 6.07) is 14.2. The fraction of sp³-hybridized carbons (Fsp3) is 0.167. The number of fused-ring (bicyclic) bond motifs is 1. The minimum atomic E-state index is 0.240. The third kappa shape index (κ3) is 2.62. The maximum Gasteiger partial charge on any atom is 0.253 e. The molecule has 0 bridgehead atoms. The predicted octanol–water partition coefficient (Wildman–Crippen LogP) is 3.51. The van der Waals surface area contributed by atoms with Crippen LogP contribution < -0.4 is 4.74 Å². The lowest BCUT2D eigenvalue weighted by molar-refractivity contribution is 0.261. The van der Waals surface area contributed by atoms with Crippen molar-refractivity contribution >= 4 is 10.8 Å². The van der Waals surface area contributed by atoms with Crippen molar-refractivity contribution in [1.82, 2.24) is 20.0 Å². The Kier molecular flexibility index (Phi) is 3.49. The van der Waals surface area contributed by atoms with Gasteiger partial charge in [0, 0.05) is 25.7 Å². The third-order valence-corrected chi connectivity index (χ3v) is 3.86. The molecule has 24 heavy (non-hydrogen) atoms. The highest BCUT2D eigenvalue weighted by Crippen LogP contribution is 2.33. The van der Waals surface area contributed by atoms with Gasteiger partial charge in [0.15, 0.2) is 6.61 Å². The van der Waals surface area contributed by atoms with E-state index in [1.54, 1.807) is 13.1 Å². The number of benzene rings is 2. The number of hydrogen-bond acceptors (Lipinski definition) is 5. The van der Waals surface area contributed by atoms with Gasteiger partial charge in [-0.15, -0.1) is 10.2 Å². The molecule has 2 aromatic carbocycles. The summed E-state index contributed by atoms with van der Waals surface area (Å²) >= 11 is 0. The Labute approximate surface area is 138 Å². The van der Waals surface area contributed by atoms with E-state index in [0.29, 0.717) is 11.8 Å². The Bertz CT molecular complexity index is 1000. The van der Waals surface area contributed by atoms with Crippen LogP contribution in [0.25, 0.3) is 22.0 Å². The van der Waals surface area contributed by atoms with Crippen LogP contribution in [0.1, 0.15) is 11.8 Å². The van der Waals surface area contributed by atoms with E-state index in [4.69, 9.17) is 9.15 Å². The van der Waals surface area contributed by atoms with Crippen LogP contribution in [0.4, 0.5) is 0 Å². The van der Waals surface area contributed by atoms with Gasteiger partial charge in [0.25, 0.3) is 5.89 Å². The molecule has 0 radical (unpaired) electrons. The second-order valence-corrected chi connectivity index (χ2v) is 5.54. The van der Waals surface area contributed by atoms with E-state index in [9.17, 15) is 0 Å². The van der Waals surface area contributed by atoms with Crippen LogP contribution in [0, 0.1) is 6.92 Å². The molecule has 0 aliphatic carbocycles. The van der Waals surface area contributed by atoms with Crippen molar-refractivity contribution in [2.45, 2.75) is 13.5 Å². The second kappa shape index (κ2) is 5.81. The molecule has 6 nitrogen and oxygen atoms in total. The SMILES string of the molecule is Cc1nnc(COc2cc(-c3ccnn3C)c3ccccc3c2)o1. The minimum absolute atomic E-state index is 0.240. The van der Waals surface area contributed by atoms with E-state index in [-0.39, 0.29) is 6.61 Å². The first-order valence-corrected chi connectivity index (χ1v) is 7.63. The molecule has 0 atom stereocenters. The molecule has 2 aromatic heterocycles. The summed E-state index contributed by atoms with van der Waals surface area (Å²) in [7, 11) is 1.93. The Morgan fingerprint density at radius 2 is 2.00 bits per heavy atom. The maximum absolute atomic E-state index is 5.87. The van der Waals surface area contributed by atoms with E-state index < -0.39 is 0 Å². The van der Waals surface area contributed by atoms with E-state index in [2.05, 4.69) is 27.4 Å². The molecule has 0 aliphatic heterocycles. The van der Waals surface area contributed by atoms with E-state index in [0.717, 1.165) is 27.8 Å². The van der Waals surface area contributed by atoms with Gasteiger partial charge in [0.05, 0.1) is 5.69 Å². The highest BCUT2D eigenvalue weighted by Gasteiger charge is 2.11. The predicted molar refractivity (Wildman–Crippen MR) is 89.5 cm³/mol. The van der Waals surface area contributed by atoms with Gasteiger partial charge in [-0.25, -0.2) is 0 Å². The summed E-state index contributed by atoms with van der Waals surface area (Å²) in [5.41, 5.74) is 2.11. The smallest absolute Gasteiger partial charge is 0.253 e. The summed E-state index contributed by atoms with van der Waals surface area (Å²) in [6.07, 6.45) is 1.79. The van der Waals surface area contributed by atoms with Crippen LogP contribution in [0.2, 0.25) is 0 Å². The summed E-state index contributed by atoms with van der Waals surface area (Å²) in [5.74, 6) is 1.74. The van der Waals surface area contributed by atoms with Crippen LogP contribution in [0.3, 0.4) is 0 Å². The summed E-state index contributed by atoms with van der Waals surface area (Å²) < 4.78 is 13.1. The first kappa shape index (κ1) is 14.4. The molecule has 0 amide bonds. The third-order valence-electron chi connectivity index (χ3n) is 3.86. The second-order valence-electron chi connectivity index (χ2n) is 5.54. The average molecular weight is 320 g/mol. The fourth-order valence-electron chi connectivity index (χ4n) is 2.76. The number of ether oxygens (including phenoxy) is 1. The van der Waals surface area contributed by atoms with Crippen molar-refractivity contribution in [3.63, 3.8) is 0 Å². The van der Waals surface area contributed by atoms with Crippen LogP contribution in [-0.4, -0.2) is 20.0 Å². The molecule has 0 N–H and O–H groups in total. The Hall–Kier alpha value is -3.15. The molecular formula is C18H16N4O2. The van der Waals surface area contributed by atoms with Gasteiger partial charge in [-0.2, -0.15) is 5.10 Å². The minimum Gasteiger partial charge on any atom is -0.484 e. The van der Waals surface area contributed by atoms with Crippen molar-refractivity contribution in [2.75, 3.05) is 0 Å². The quantitative estimate of drug-likeness (QED) is 0.575. The lowest BCUT2D eigenvalue weighted by Gasteiger charge is -2.11. The van der Waals surface area contributed by atoms with Crippen LogP contribution >= 0.6 is 0 Å². The zero-order valence-corrected chi connectivity index (χ0v) is 13.4. The molecule has 4 aromatic rings. The lowest BCUT2D eigenvalue weighted by Crippen LogP contribution is -1.98. The number of aryl methyl sites for hydroxylation is 2. The molecule has 0 spiro atoms. The summed E-state index contributed by atoms with van der Waals surface area (Å²) in [6.45, 7) is 2.00. The molecule has 0 fully saturated rings. The number of nitrogens with zero attached hydrogens (tertiary/aromatic N) is 4. The van der Waals surface area contributed by atoms with Gasteiger partial charge < -0.3 is 9.15 Å². The van der Waals surface area contributed by atoms with Gasteiger partial charge in [-0.05, 0) is 29.0 Å². The van der Waals surface area contributed by atoms with Gasteiger partial charge in [-0.3, -0.25) is 4.68 Å². The standard InChI is InChI=1S/C18H16N4O2/c1-12-20-21-18(24-12)11-23-14-9-13-5-3-4-6-15(13)16(10-14)17-7-8-19-22(17)2/h3-10H,11H2,1-2H3. The molecular weight excluding hydrogens is 304 g/mol. The first-order chi connectivity index (χ1) is 11.7. The van der Waals surface area contributed by atoms with E-state index in [1.807, 2.05) is 42.1 Å². The molecule has 2 heterocycles. The summed E-state index contributed by atoms with van der Waals surface area (Å²) in [4.78, 5) is 0. The summed E-state index contributed by atoms with van der Waals surface area (Å²) in [5, 5.41) is 14.3. The van der Waals surface area contributed by atoms with Gasteiger partial charge in [-0.1, -0.05) is 24.3 Å². The van der Waals surface area contributed by atoms with Gasteiger partial charge in [0.1, 0.15) is 5.75 Å². The first-order valence-electron chi connectivity index (χ1n) is 7.63. The van der Waals surface area contributed by atoms with Crippen molar-refractivity contribution in [2.24, 2.45) is 7.05 Å². The maximum atomic E-state index is 5.87. The lowest BCUT2D eigenvalue weighted by atomic mass is 10.0. The van der Waals surface area contributed by atoms with Gasteiger partial charge >= 0.3 is 0 Å². The number of rotatable bonds is 4. The molecule has 0 saturated heterocycles. The molecule has 0 unspecified atom stereocenters. The normalized spacial score (nSPS) is 11.1. The van der Waals surface area contributed by atoms with E-state index in [1.165, 1.54) is 0 Å². The molecule has 6 heteroatoms. The van der Waals surface area contributed by atoms with Crippen LogP contribution in [0.5, 0.6) is 5.75 Å². The van der Waals surface area contributed by atoms with Crippen molar-refractivity contribution < 1.29 is 9.15 Å². The van der Waals surface area contributed by atoms with Crippen molar-refractivity contribution in [1.29, 1.82) is 0 Å². The highest BCUT2D eigenvalue weighted by atomic mass is 16.5. The Morgan fingerprint density at radius 3 is 2.75 bits per heavy atom. The zero-order chi connectivity index (χ0) is 16.5. The molecule has 0 saturated carbocycles. The number of hydrogen-bond donors (Lipinski definition) is 0. The van der Waals surface area contributed by atoms with Crippen LogP contribution in [-0.2, 0) is 13.7 Å². The van der Waals surface area contributed by atoms with Crippen LogP contribution in [0.15, 0.2) is 53.1 Å². The topological polar surface area (TPSA) is 66.0 Å². The molecule has 120 valence electrons. The fourth-order valence-corrected chi connectivity index (χ4v) is 2.76. The molecule has 4 rings (SSSR count). The number of aromatic nitrogens is 4. The average Bonchev–Trinajstić information content (AvgIpc) is 3.20. The zero-order valence-electron chi connectivity index (χ0n) is 13.4. The monoisotopic (exact) mass is 320 g/mol.